The van der Waals surface area contributed by atoms with Gasteiger partial charge in [-0.1, -0.05) is 5.16 Å². The van der Waals surface area contributed by atoms with Crippen molar-refractivity contribution in [1.29, 1.82) is 0 Å². The number of fused-ring (bicyclic) bond motifs is 1. The summed E-state index contributed by atoms with van der Waals surface area (Å²) in [6.45, 7) is 2.75. The summed E-state index contributed by atoms with van der Waals surface area (Å²) in [7, 11) is -3.22. The van der Waals surface area contributed by atoms with Gasteiger partial charge in [0.2, 0.25) is 10.0 Å². The van der Waals surface area contributed by atoms with Gasteiger partial charge in [-0.15, -0.1) is 0 Å². The van der Waals surface area contributed by atoms with E-state index in [1.54, 1.807) is 19.2 Å². The molecule has 0 unspecified atom stereocenters. The Hall–Kier alpha value is -2.26. The molecular weight excluding hydrogens is 332 g/mol. The summed E-state index contributed by atoms with van der Waals surface area (Å²) in [6.07, 6.45) is 3.49. The Bertz CT molecular complexity index is 875. The highest BCUT2D eigenvalue weighted by molar-refractivity contribution is 7.88. The maximum absolute atomic E-state index is 12.0. The smallest absolute Gasteiger partial charge is 0.273 e. The van der Waals surface area contributed by atoms with E-state index in [1.165, 1.54) is 10.6 Å². The van der Waals surface area contributed by atoms with Crippen LogP contribution in [-0.2, 0) is 29.5 Å². The molecule has 1 aliphatic rings. The second-order valence-electron chi connectivity index (χ2n) is 5.80. The molecule has 2 aromatic rings. The van der Waals surface area contributed by atoms with Gasteiger partial charge >= 0.3 is 0 Å². The number of hydrogen-bond acceptors (Lipinski definition) is 6. The molecule has 0 aromatic carbocycles. The summed E-state index contributed by atoms with van der Waals surface area (Å²) in [5, 5.41) is 6.40. The number of aromatic nitrogens is 2. The van der Waals surface area contributed by atoms with E-state index in [1.807, 2.05) is 6.07 Å². The van der Waals surface area contributed by atoms with E-state index in [4.69, 9.17) is 4.52 Å². The number of aryl methyl sites for hydroxylation is 1. The van der Waals surface area contributed by atoms with Crippen LogP contribution in [0.2, 0.25) is 0 Å². The van der Waals surface area contributed by atoms with Crippen LogP contribution in [-0.4, -0.2) is 41.6 Å². The molecule has 1 aliphatic heterocycles. The lowest BCUT2D eigenvalue weighted by Crippen LogP contribution is -2.35. The van der Waals surface area contributed by atoms with Crippen LogP contribution in [0, 0.1) is 6.92 Å². The molecule has 9 heteroatoms. The number of amides is 1. The maximum atomic E-state index is 12.0. The lowest BCUT2D eigenvalue weighted by atomic mass is 10.1. The zero-order valence-corrected chi connectivity index (χ0v) is 14.3. The van der Waals surface area contributed by atoms with Crippen LogP contribution >= 0.6 is 0 Å². The van der Waals surface area contributed by atoms with Crippen molar-refractivity contribution in [2.75, 3.05) is 12.8 Å². The Morgan fingerprint density at radius 2 is 2.21 bits per heavy atom. The molecule has 0 bridgehead atoms. The second-order valence-corrected chi connectivity index (χ2v) is 7.78. The highest BCUT2D eigenvalue weighted by Gasteiger charge is 2.24. The summed E-state index contributed by atoms with van der Waals surface area (Å²) < 4.78 is 29.7. The summed E-state index contributed by atoms with van der Waals surface area (Å²) >= 11 is 0. The Morgan fingerprint density at radius 1 is 1.42 bits per heavy atom. The fourth-order valence-corrected chi connectivity index (χ4v) is 3.37. The minimum Gasteiger partial charge on any atom is -0.361 e. The number of carbonyl (C=O) groups is 1. The van der Waals surface area contributed by atoms with Crippen LogP contribution in [0.25, 0.3) is 0 Å². The fourth-order valence-electron chi connectivity index (χ4n) is 2.58. The van der Waals surface area contributed by atoms with Gasteiger partial charge in [0.05, 0.1) is 6.26 Å². The first-order valence-electron chi connectivity index (χ1n) is 7.46. The normalized spacial score (nSPS) is 15.1. The molecule has 128 valence electrons. The number of nitrogens with one attached hydrogen (secondary N) is 1. The molecular formula is C15H18N4O4S. The Balaban J connectivity index is 1.69. The number of hydrogen-bond donors (Lipinski definition) is 1. The van der Waals surface area contributed by atoms with E-state index in [-0.39, 0.29) is 18.1 Å². The predicted octanol–water partition coefficient (Wildman–Crippen LogP) is 0.626. The third-order valence-corrected chi connectivity index (χ3v) is 5.09. The van der Waals surface area contributed by atoms with Crippen LogP contribution in [0.5, 0.6) is 0 Å². The number of sulfonamides is 1. The van der Waals surface area contributed by atoms with Crippen LogP contribution in [0.3, 0.4) is 0 Å². The van der Waals surface area contributed by atoms with Gasteiger partial charge in [-0.3, -0.25) is 9.78 Å². The van der Waals surface area contributed by atoms with E-state index in [0.29, 0.717) is 25.3 Å². The van der Waals surface area contributed by atoms with Crippen molar-refractivity contribution in [2.45, 2.75) is 26.4 Å². The highest BCUT2D eigenvalue weighted by atomic mass is 32.2. The molecule has 0 saturated carbocycles. The average Bonchev–Trinajstić information content (AvgIpc) is 2.97. The second kappa shape index (κ2) is 6.33. The van der Waals surface area contributed by atoms with Crippen LogP contribution in [0.15, 0.2) is 22.9 Å². The number of rotatable bonds is 4. The van der Waals surface area contributed by atoms with Gasteiger partial charge in [0.15, 0.2) is 5.69 Å². The summed E-state index contributed by atoms with van der Waals surface area (Å²) in [6, 6.07) is 3.44. The standard InChI is InChI=1S/C15H18N4O4S/c1-10-5-14(18-23-10)15(20)17-8-11-6-12-9-19(24(2,21)22)4-3-13(12)16-7-11/h5-7H,3-4,8-9H2,1-2H3,(H,17,20). The molecule has 24 heavy (non-hydrogen) atoms. The first kappa shape index (κ1) is 16.6. The van der Waals surface area contributed by atoms with Gasteiger partial charge in [0.1, 0.15) is 5.76 Å². The highest BCUT2D eigenvalue weighted by Crippen LogP contribution is 2.20. The molecule has 2 aromatic heterocycles. The van der Waals surface area contributed by atoms with Crippen molar-refractivity contribution in [3.63, 3.8) is 0 Å². The summed E-state index contributed by atoms with van der Waals surface area (Å²) in [4.78, 5) is 16.3. The van der Waals surface area contributed by atoms with E-state index in [9.17, 15) is 13.2 Å². The van der Waals surface area contributed by atoms with E-state index in [2.05, 4.69) is 15.5 Å². The van der Waals surface area contributed by atoms with E-state index < -0.39 is 10.0 Å². The van der Waals surface area contributed by atoms with Crippen molar-refractivity contribution in [2.24, 2.45) is 0 Å². The first-order valence-corrected chi connectivity index (χ1v) is 9.31. The molecule has 1 amide bonds. The Morgan fingerprint density at radius 3 is 2.88 bits per heavy atom. The molecule has 3 heterocycles. The van der Waals surface area contributed by atoms with Gasteiger partial charge in [-0.25, -0.2) is 8.42 Å². The van der Waals surface area contributed by atoms with Crippen LogP contribution in [0.4, 0.5) is 0 Å². The molecule has 0 radical (unpaired) electrons. The van der Waals surface area contributed by atoms with Crippen molar-refractivity contribution in [3.05, 3.63) is 46.6 Å². The number of carbonyl (C=O) groups excluding carboxylic acids is 1. The summed E-state index contributed by atoms with van der Waals surface area (Å²) in [5.74, 6) is 0.235. The molecule has 0 atom stereocenters. The maximum Gasteiger partial charge on any atom is 0.273 e. The number of pyridine rings is 1. The minimum absolute atomic E-state index is 0.224. The molecule has 0 spiro atoms. The minimum atomic E-state index is -3.22. The molecule has 1 N–H and O–H groups in total. The number of nitrogens with zero attached hydrogens (tertiary/aromatic N) is 3. The van der Waals surface area contributed by atoms with Crippen molar-refractivity contribution >= 4 is 15.9 Å². The topological polar surface area (TPSA) is 105 Å². The largest absolute Gasteiger partial charge is 0.361 e. The van der Waals surface area contributed by atoms with Crippen LogP contribution < -0.4 is 5.32 Å². The predicted molar refractivity (Wildman–Crippen MR) is 85.6 cm³/mol. The van der Waals surface area contributed by atoms with E-state index >= 15 is 0 Å². The molecule has 0 saturated heterocycles. The van der Waals surface area contributed by atoms with Crippen molar-refractivity contribution in [1.82, 2.24) is 19.8 Å². The first-order chi connectivity index (χ1) is 11.3. The molecule has 3 rings (SSSR count). The SMILES string of the molecule is Cc1cc(C(=O)NCc2cnc3c(c2)CN(S(C)(=O)=O)CC3)no1. The Labute approximate surface area is 139 Å². The third kappa shape index (κ3) is 3.62. The molecule has 0 aliphatic carbocycles. The monoisotopic (exact) mass is 350 g/mol. The molecule has 8 nitrogen and oxygen atoms in total. The van der Waals surface area contributed by atoms with Crippen molar-refractivity contribution in [3.8, 4) is 0 Å². The zero-order valence-electron chi connectivity index (χ0n) is 13.4. The Kier molecular flexibility index (Phi) is 4.37. The van der Waals surface area contributed by atoms with Gasteiger partial charge in [0, 0.05) is 44.0 Å². The lowest BCUT2D eigenvalue weighted by Gasteiger charge is -2.26. The van der Waals surface area contributed by atoms with Gasteiger partial charge in [-0.2, -0.15) is 4.31 Å². The quantitative estimate of drug-likeness (QED) is 0.867. The van der Waals surface area contributed by atoms with Crippen LogP contribution in [0.1, 0.15) is 33.1 Å². The van der Waals surface area contributed by atoms with E-state index in [0.717, 1.165) is 16.8 Å². The lowest BCUT2D eigenvalue weighted by molar-refractivity contribution is 0.0941. The van der Waals surface area contributed by atoms with Gasteiger partial charge in [0.25, 0.3) is 5.91 Å². The van der Waals surface area contributed by atoms with Gasteiger partial charge < -0.3 is 9.84 Å². The summed E-state index contributed by atoms with van der Waals surface area (Å²) in [5.41, 5.74) is 2.80. The van der Waals surface area contributed by atoms with Crippen molar-refractivity contribution < 1.29 is 17.7 Å². The average molecular weight is 350 g/mol. The zero-order chi connectivity index (χ0) is 17.3. The third-order valence-electron chi connectivity index (χ3n) is 3.84. The van der Waals surface area contributed by atoms with Gasteiger partial charge in [-0.05, 0) is 24.1 Å². The molecule has 0 fully saturated rings. The fraction of sp³-hybridized carbons (Fsp3) is 0.400.